The predicted octanol–water partition coefficient (Wildman–Crippen LogP) is 3.83. The minimum Gasteiger partial charge on any atom is -0.494 e. The summed E-state index contributed by atoms with van der Waals surface area (Å²) < 4.78 is 28.0. The van der Waals surface area contributed by atoms with E-state index in [1.165, 1.54) is 29.7 Å². The van der Waals surface area contributed by atoms with Crippen molar-refractivity contribution in [2.75, 3.05) is 11.9 Å². The summed E-state index contributed by atoms with van der Waals surface area (Å²) in [5.41, 5.74) is 2.68. The summed E-state index contributed by atoms with van der Waals surface area (Å²) in [6.45, 7) is 2.53. The molecule has 2 aromatic carbocycles. The molecular weight excluding hydrogens is 408 g/mol. The van der Waals surface area contributed by atoms with Gasteiger partial charge in [-0.2, -0.15) is 5.26 Å². The van der Waals surface area contributed by atoms with E-state index in [9.17, 15) is 13.7 Å². The van der Waals surface area contributed by atoms with E-state index in [0.717, 1.165) is 17.0 Å². The second-order valence-electron chi connectivity index (χ2n) is 5.88. The number of primary sulfonamides is 1. The van der Waals surface area contributed by atoms with Gasteiger partial charge in [-0.15, -0.1) is 11.3 Å². The molecule has 0 saturated carbocycles. The number of nitrogens with zero attached hydrogens (tertiary/aromatic N) is 2. The highest BCUT2D eigenvalue weighted by Crippen LogP contribution is 2.27. The molecule has 0 aliphatic carbocycles. The van der Waals surface area contributed by atoms with E-state index >= 15 is 0 Å². The molecule has 7 nitrogen and oxygen atoms in total. The highest BCUT2D eigenvalue weighted by atomic mass is 32.2. The maximum Gasteiger partial charge on any atom is 0.238 e. The summed E-state index contributed by atoms with van der Waals surface area (Å²) in [5, 5.41) is 20.0. The molecule has 1 aromatic heterocycles. The van der Waals surface area contributed by atoms with E-state index in [1.54, 1.807) is 12.1 Å². The second kappa shape index (κ2) is 8.87. The minimum absolute atomic E-state index is 0.0208. The number of aromatic nitrogens is 1. The lowest BCUT2D eigenvalue weighted by Crippen LogP contribution is -2.11. The molecule has 0 bridgehead atoms. The van der Waals surface area contributed by atoms with Gasteiger partial charge < -0.3 is 10.1 Å². The molecule has 29 heavy (non-hydrogen) atoms. The van der Waals surface area contributed by atoms with Crippen molar-refractivity contribution in [2.24, 2.45) is 5.14 Å². The van der Waals surface area contributed by atoms with Crippen LogP contribution in [-0.2, 0) is 10.0 Å². The molecule has 3 aromatic rings. The molecule has 0 fully saturated rings. The Hall–Kier alpha value is -3.19. The standard InChI is InChI=1S/C20H18N4O3S2/c1-2-27-17-7-3-14(4-8-17)19-13-28-20(24-19)15(11-21)12-23-16-5-9-18(10-6-16)29(22,25)26/h3-10,12-13,23H,2H2,1H3,(H2,22,25,26). The Bertz CT molecular complexity index is 1160. The Morgan fingerprint density at radius 1 is 1.24 bits per heavy atom. The third-order valence-electron chi connectivity index (χ3n) is 3.88. The summed E-state index contributed by atoms with van der Waals surface area (Å²) >= 11 is 1.36. The van der Waals surface area contributed by atoms with Crippen LogP contribution in [0.5, 0.6) is 5.75 Å². The number of rotatable bonds is 7. The van der Waals surface area contributed by atoms with Crippen LogP contribution >= 0.6 is 11.3 Å². The van der Waals surface area contributed by atoms with E-state index in [-0.39, 0.29) is 4.90 Å². The summed E-state index contributed by atoms with van der Waals surface area (Å²) in [4.78, 5) is 4.56. The normalized spacial score (nSPS) is 11.7. The Labute approximate surface area is 173 Å². The molecule has 3 rings (SSSR count). The van der Waals surface area contributed by atoms with Crippen LogP contribution in [0.2, 0.25) is 0 Å². The number of sulfonamides is 1. The van der Waals surface area contributed by atoms with Crippen LogP contribution < -0.4 is 15.2 Å². The number of allylic oxidation sites excluding steroid dienone is 1. The number of anilines is 1. The molecule has 0 spiro atoms. The first-order valence-corrected chi connectivity index (χ1v) is 11.0. The molecule has 9 heteroatoms. The van der Waals surface area contributed by atoms with E-state index < -0.39 is 10.0 Å². The monoisotopic (exact) mass is 426 g/mol. The van der Waals surface area contributed by atoms with Crippen LogP contribution in [0, 0.1) is 11.3 Å². The van der Waals surface area contributed by atoms with Gasteiger partial charge in [-0.25, -0.2) is 18.5 Å². The van der Waals surface area contributed by atoms with Crippen molar-refractivity contribution in [3.05, 3.63) is 65.1 Å². The lowest BCUT2D eigenvalue weighted by atomic mass is 10.2. The van der Waals surface area contributed by atoms with Crippen LogP contribution in [-0.4, -0.2) is 20.0 Å². The number of nitrogens with one attached hydrogen (secondary N) is 1. The average Bonchev–Trinajstić information content (AvgIpc) is 3.19. The third kappa shape index (κ3) is 5.20. The van der Waals surface area contributed by atoms with E-state index in [0.29, 0.717) is 22.9 Å². The molecule has 3 N–H and O–H groups in total. The Balaban J connectivity index is 1.76. The molecule has 0 aliphatic rings. The van der Waals surface area contributed by atoms with Gasteiger partial charge in [0.25, 0.3) is 0 Å². The minimum atomic E-state index is -3.74. The first kappa shape index (κ1) is 20.5. The number of hydrogen-bond donors (Lipinski definition) is 2. The second-order valence-corrected chi connectivity index (χ2v) is 8.30. The number of hydrogen-bond acceptors (Lipinski definition) is 7. The van der Waals surface area contributed by atoms with Crippen molar-refractivity contribution in [3.8, 4) is 23.1 Å². The molecule has 0 atom stereocenters. The molecule has 1 heterocycles. The fourth-order valence-corrected chi connectivity index (χ4v) is 3.77. The zero-order valence-electron chi connectivity index (χ0n) is 15.5. The first-order chi connectivity index (χ1) is 13.9. The smallest absolute Gasteiger partial charge is 0.238 e. The first-order valence-electron chi connectivity index (χ1n) is 8.59. The van der Waals surface area contributed by atoms with Crippen LogP contribution in [0.4, 0.5) is 5.69 Å². The molecule has 148 valence electrons. The number of nitrogens with two attached hydrogens (primary N) is 1. The SMILES string of the molecule is CCOc1ccc(-c2csc(C(C#N)=CNc3ccc(S(N)(=O)=O)cc3)n2)cc1. The molecule has 0 aliphatic heterocycles. The fraction of sp³-hybridized carbons (Fsp3) is 0.100. The van der Waals surface area contributed by atoms with Gasteiger partial charge in [0.2, 0.25) is 10.0 Å². The summed E-state index contributed by atoms with van der Waals surface area (Å²) in [6.07, 6.45) is 1.53. The van der Waals surface area contributed by atoms with Crippen molar-refractivity contribution < 1.29 is 13.2 Å². The van der Waals surface area contributed by atoms with E-state index in [1.807, 2.05) is 36.6 Å². The highest BCUT2D eigenvalue weighted by molar-refractivity contribution is 7.89. The number of benzene rings is 2. The zero-order chi connectivity index (χ0) is 20.9. The molecular formula is C20H18N4O3S2. The average molecular weight is 427 g/mol. The van der Waals surface area contributed by atoms with Crippen LogP contribution in [0.1, 0.15) is 11.9 Å². The topological polar surface area (TPSA) is 118 Å². The Morgan fingerprint density at radius 3 is 2.52 bits per heavy atom. The van der Waals surface area contributed by atoms with Crippen molar-refractivity contribution in [1.82, 2.24) is 4.98 Å². The van der Waals surface area contributed by atoms with Crippen molar-refractivity contribution in [2.45, 2.75) is 11.8 Å². The molecule has 0 unspecified atom stereocenters. The lowest BCUT2D eigenvalue weighted by molar-refractivity contribution is 0.340. The van der Waals surface area contributed by atoms with Gasteiger partial charge in [0, 0.05) is 22.8 Å². The van der Waals surface area contributed by atoms with Crippen LogP contribution in [0.3, 0.4) is 0 Å². The maximum absolute atomic E-state index is 11.3. The quantitative estimate of drug-likeness (QED) is 0.554. The summed E-state index contributed by atoms with van der Waals surface area (Å²) in [6, 6.07) is 15.7. The Kier molecular flexibility index (Phi) is 6.29. The van der Waals surface area contributed by atoms with Gasteiger partial charge in [-0.1, -0.05) is 0 Å². The molecule has 0 saturated heterocycles. The van der Waals surface area contributed by atoms with E-state index in [4.69, 9.17) is 9.88 Å². The number of nitriles is 1. The number of thiazole rings is 1. The van der Waals surface area contributed by atoms with Gasteiger partial charge in [0.1, 0.15) is 22.4 Å². The highest BCUT2D eigenvalue weighted by Gasteiger charge is 2.10. The maximum atomic E-state index is 11.3. The third-order valence-corrected chi connectivity index (χ3v) is 5.69. The van der Waals surface area contributed by atoms with Crippen molar-refractivity contribution in [1.29, 1.82) is 5.26 Å². The lowest BCUT2D eigenvalue weighted by Gasteiger charge is -2.03. The predicted molar refractivity (Wildman–Crippen MR) is 114 cm³/mol. The van der Waals surface area contributed by atoms with Gasteiger partial charge in [0.15, 0.2) is 0 Å². The van der Waals surface area contributed by atoms with Gasteiger partial charge in [0.05, 0.1) is 17.2 Å². The van der Waals surface area contributed by atoms with Gasteiger partial charge in [-0.05, 0) is 55.5 Å². The van der Waals surface area contributed by atoms with Gasteiger partial charge in [-0.3, -0.25) is 0 Å². The van der Waals surface area contributed by atoms with Crippen molar-refractivity contribution in [3.63, 3.8) is 0 Å². The van der Waals surface area contributed by atoms with Crippen LogP contribution in [0.15, 0.2) is 65.0 Å². The van der Waals surface area contributed by atoms with Crippen molar-refractivity contribution >= 4 is 32.6 Å². The largest absolute Gasteiger partial charge is 0.494 e. The summed E-state index contributed by atoms with van der Waals surface area (Å²) in [7, 11) is -3.74. The van der Waals surface area contributed by atoms with Crippen LogP contribution in [0.25, 0.3) is 16.8 Å². The van der Waals surface area contributed by atoms with E-state index in [2.05, 4.69) is 16.4 Å². The fourth-order valence-electron chi connectivity index (χ4n) is 2.46. The molecule has 0 radical (unpaired) electrons. The Morgan fingerprint density at radius 2 is 1.93 bits per heavy atom. The zero-order valence-corrected chi connectivity index (χ0v) is 17.1. The van der Waals surface area contributed by atoms with Gasteiger partial charge >= 0.3 is 0 Å². The summed E-state index contributed by atoms with van der Waals surface area (Å²) in [5.74, 6) is 0.793. The number of ether oxygens (including phenoxy) is 1. The molecule has 0 amide bonds.